The van der Waals surface area contributed by atoms with Crippen LogP contribution in [-0.2, 0) is 15.3 Å². The number of carboxylic acids is 1. The molecule has 0 spiro atoms. The number of nitrogens with one attached hydrogen (secondary N) is 1. The Labute approximate surface area is 118 Å². The summed E-state index contributed by atoms with van der Waals surface area (Å²) in [6.07, 6.45) is 0.430. The lowest BCUT2D eigenvalue weighted by molar-refractivity contribution is -0.139. The first-order chi connectivity index (χ1) is 9.22. The number of carbonyl (C=O) groups is 2. The number of benzene rings is 1. The SMILES string of the molecule is O=CNC(CSCc1csc2ccccc12)C(=O)O. The molecule has 1 aromatic carbocycles. The van der Waals surface area contributed by atoms with Crippen LogP contribution in [0.25, 0.3) is 10.1 Å². The Morgan fingerprint density at radius 1 is 1.47 bits per heavy atom. The third kappa shape index (κ3) is 3.48. The fourth-order valence-corrected chi connectivity index (χ4v) is 3.82. The highest BCUT2D eigenvalue weighted by molar-refractivity contribution is 7.98. The van der Waals surface area contributed by atoms with Crippen molar-refractivity contribution in [2.75, 3.05) is 5.75 Å². The topological polar surface area (TPSA) is 66.4 Å². The van der Waals surface area contributed by atoms with Crippen molar-refractivity contribution in [2.24, 2.45) is 0 Å². The van der Waals surface area contributed by atoms with Gasteiger partial charge in [-0.05, 0) is 22.4 Å². The van der Waals surface area contributed by atoms with Gasteiger partial charge in [-0.2, -0.15) is 11.8 Å². The summed E-state index contributed by atoms with van der Waals surface area (Å²) in [5.41, 5.74) is 1.21. The van der Waals surface area contributed by atoms with Crippen molar-refractivity contribution in [3.8, 4) is 0 Å². The Morgan fingerprint density at radius 2 is 2.26 bits per heavy atom. The lowest BCUT2D eigenvalue weighted by Crippen LogP contribution is -2.37. The minimum absolute atomic E-state index is 0.359. The van der Waals surface area contributed by atoms with Crippen molar-refractivity contribution >= 4 is 45.6 Å². The van der Waals surface area contributed by atoms with Gasteiger partial charge in [0.1, 0.15) is 6.04 Å². The quantitative estimate of drug-likeness (QED) is 0.769. The number of rotatable bonds is 7. The molecule has 100 valence electrons. The van der Waals surface area contributed by atoms with Gasteiger partial charge in [-0.1, -0.05) is 18.2 Å². The van der Waals surface area contributed by atoms with Crippen LogP contribution in [0.2, 0.25) is 0 Å². The number of carbonyl (C=O) groups excluding carboxylic acids is 1. The number of hydrogen-bond acceptors (Lipinski definition) is 4. The van der Waals surface area contributed by atoms with Crippen molar-refractivity contribution in [3.63, 3.8) is 0 Å². The third-order valence-corrected chi connectivity index (χ3v) is 4.77. The molecule has 0 bridgehead atoms. The Bertz CT molecular complexity index is 582. The largest absolute Gasteiger partial charge is 0.480 e. The van der Waals surface area contributed by atoms with Gasteiger partial charge in [-0.3, -0.25) is 4.79 Å². The zero-order chi connectivity index (χ0) is 13.7. The molecule has 0 aliphatic rings. The zero-order valence-electron chi connectivity index (χ0n) is 10.0. The van der Waals surface area contributed by atoms with Crippen molar-refractivity contribution in [1.29, 1.82) is 0 Å². The molecule has 0 aliphatic heterocycles. The molecule has 1 heterocycles. The average Bonchev–Trinajstić information content (AvgIpc) is 2.81. The molecule has 19 heavy (non-hydrogen) atoms. The van der Waals surface area contributed by atoms with Crippen molar-refractivity contribution < 1.29 is 14.7 Å². The molecule has 2 N–H and O–H groups in total. The van der Waals surface area contributed by atoms with Crippen LogP contribution in [0.15, 0.2) is 29.6 Å². The van der Waals surface area contributed by atoms with Gasteiger partial charge >= 0.3 is 5.97 Å². The summed E-state index contributed by atoms with van der Waals surface area (Å²) in [7, 11) is 0. The van der Waals surface area contributed by atoms with Crippen LogP contribution in [0.5, 0.6) is 0 Å². The maximum Gasteiger partial charge on any atom is 0.327 e. The average molecular weight is 295 g/mol. The van der Waals surface area contributed by atoms with E-state index < -0.39 is 12.0 Å². The second-order valence-corrected chi connectivity index (χ2v) is 5.89. The van der Waals surface area contributed by atoms with Crippen LogP contribution in [0, 0.1) is 0 Å². The Kier molecular flexibility index (Phi) is 4.81. The first-order valence-corrected chi connectivity index (χ1v) is 7.71. The molecule has 2 aromatic rings. The number of fused-ring (bicyclic) bond motifs is 1. The van der Waals surface area contributed by atoms with Gasteiger partial charge in [-0.15, -0.1) is 11.3 Å². The molecule has 1 atom stereocenters. The molecular formula is C13H13NO3S2. The summed E-state index contributed by atoms with van der Waals surface area (Å²) >= 11 is 3.19. The van der Waals surface area contributed by atoms with Gasteiger partial charge in [0.05, 0.1) is 0 Å². The number of amides is 1. The lowest BCUT2D eigenvalue weighted by Gasteiger charge is -2.10. The van der Waals surface area contributed by atoms with E-state index >= 15 is 0 Å². The molecule has 1 aromatic heterocycles. The minimum Gasteiger partial charge on any atom is -0.480 e. The predicted molar refractivity (Wildman–Crippen MR) is 78.6 cm³/mol. The molecule has 1 unspecified atom stereocenters. The molecule has 2 rings (SSSR count). The molecule has 6 heteroatoms. The van der Waals surface area contributed by atoms with E-state index in [0.717, 1.165) is 5.75 Å². The molecule has 0 fully saturated rings. The van der Waals surface area contributed by atoms with Gasteiger partial charge in [0, 0.05) is 16.2 Å². The van der Waals surface area contributed by atoms with E-state index in [0.29, 0.717) is 12.2 Å². The fraction of sp³-hybridized carbons (Fsp3) is 0.231. The molecule has 0 aliphatic carbocycles. The number of carboxylic acid groups (broad SMARTS) is 1. The predicted octanol–water partition coefficient (Wildman–Crippen LogP) is 2.33. The van der Waals surface area contributed by atoms with Gasteiger partial charge in [0.25, 0.3) is 0 Å². The number of aliphatic carboxylic acids is 1. The summed E-state index contributed by atoms with van der Waals surface area (Å²) in [5, 5.41) is 14.5. The molecular weight excluding hydrogens is 282 g/mol. The van der Waals surface area contributed by atoms with E-state index in [1.807, 2.05) is 12.1 Å². The molecule has 0 saturated carbocycles. The first-order valence-electron chi connectivity index (χ1n) is 5.67. The van der Waals surface area contributed by atoms with E-state index in [1.165, 1.54) is 27.4 Å². The van der Waals surface area contributed by atoms with Gasteiger partial charge in [-0.25, -0.2) is 4.79 Å². The Morgan fingerprint density at radius 3 is 3.00 bits per heavy atom. The normalized spacial score (nSPS) is 12.2. The van der Waals surface area contributed by atoms with Gasteiger partial charge in [0.2, 0.25) is 6.41 Å². The molecule has 1 amide bonds. The van der Waals surface area contributed by atoms with Crippen LogP contribution >= 0.6 is 23.1 Å². The molecule has 0 radical (unpaired) electrons. The lowest BCUT2D eigenvalue weighted by atomic mass is 10.2. The Balaban J connectivity index is 1.95. The standard InChI is InChI=1S/C13H13NO3S2/c15-8-14-11(13(16)17)7-18-5-9-6-19-12-4-2-1-3-10(9)12/h1-4,6,8,11H,5,7H2,(H,14,15)(H,16,17). The van der Waals surface area contributed by atoms with E-state index in [2.05, 4.69) is 22.8 Å². The summed E-state index contributed by atoms with van der Waals surface area (Å²) in [5.74, 6) is 0.0989. The van der Waals surface area contributed by atoms with Crippen LogP contribution in [0.3, 0.4) is 0 Å². The zero-order valence-corrected chi connectivity index (χ0v) is 11.7. The van der Waals surface area contributed by atoms with Gasteiger partial charge < -0.3 is 10.4 Å². The summed E-state index contributed by atoms with van der Waals surface area (Å²) < 4.78 is 1.24. The third-order valence-electron chi connectivity index (χ3n) is 2.67. The summed E-state index contributed by atoms with van der Waals surface area (Å²) in [6.45, 7) is 0. The van der Waals surface area contributed by atoms with Crippen molar-refractivity contribution in [1.82, 2.24) is 5.32 Å². The second-order valence-electron chi connectivity index (χ2n) is 3.95. The summed E-state index contributed by atoms with van der Waals surface area (Å²) in [4.78, 5) is 21.2. The van der Waals surface area contributed by atoms with Gasteiger partial charge in [0.15, 0.2) is 0 Å². The molecule has 0 saturated heterocycles. The van der Waals surface area contributed by atoms with Crippen LogP contribution in [0.1, 0.15) is 5.56 Å². The maximum atomic E-state index is 10.9. The summed E-state index contributed by atoms with van der Waals surface area (Å²) in [6, 6.07) is 7.32. The highest BCUT2D eigenvalue weighted by atomic mass is 32.2. The fourth-order valence-electron chi connectivity index (χ4n) is 1.70. The van der Waals surface area contributed by atoms with E-state index in [1.54, 1.807) is 11.3 Å². The highest BCUT2D eigenvalue weighted by Gasteiger charge is 2.16. The minimum atomic E-state index is -1.00. The van der Waals surface area contributed by atoms with E-state index in [4.69, 9.17) is 5.11 Å². The van der Waals surface area contributed by atoms with Crippen LogP contribution in [-0.4, -0.2) is 29.3 Å². The van der Waals surface area contributed by atoms with E-state index in [9.17, 15) is 9.59 Å². The highest BCUT2D eigenvalue weighted by Crippen LogP contribution is 2.28. The smallest absolute Gasteiger partial charge is 0.327 e. The second kappa shape index (κ2) is 6.58. The molecule has 4 nitrogen and oxygen atoms in total. The first kappa shape index (κ1) is 13.9. The number of hydrogen-bond donors (Lipinski definition) is 2. The number of thioether (sulfide) groups is 1. The van der Waals surface area contributed by atoms with Crippen molar-refractivity contribution in [3.05, 3.63) is 35.2 Å². The van der Waals surface area contributed by atoms with Crippen LogP contribution in [0.4, 0.5) is 0 Å². The van der Waals surface area contributed by atoms with Crippen LogP contribution < -0.4 is 5.32 Å². The maximum absolute atomic E-state index is 10.9. The monoisotopic (exact) mass is 295 g/mol. The number of thiophene rings is 1. The van der Waals surface area contributed by atoms with Crippen molar-refractivity contribution in [2.45, 2.75) is 11.8 Å². The van der Waals surface area contributed by atoms with E-state index in [-0.39, 0.29) is 0 Å². The Hall–Kier alpha value is -1.53.